The first-order valence-electron chi connectivity index (χ1n) is 10.7. The molecule has 0 unspecified atom stereocenters. The van der Waals surface area contributed by atoms with Crippen LogP contribution in [0.25, 0.3) is 11.4 Å². The van der Waals surface area contributed by atoms with Crippen LogP contribution < -0.4 is 0 Å². The Balaban J connectivity index is 1.50. The summed E-state index contributed by atoms with van der Waals surface area (Å²) in [5.41, 5.74) is 3.43. The van der Waals surface area contributed by atoms with Gasteiger partial charge in [0, 0.05) is 25.2 Å². The monoisotopic (exact) mass is 363 g/mol. The molecule has 1 aliphatic carbocycles. The molecule has 0 radical (unpaired) electrons. The molecule has 1 amide bonds. The number of imidazole rings is 1. The lowest BCUT2D eigenvalue weighted by molar-refractivity contribution is 0.0766. The fraction of sp³-hybridized carbons (Fsp3) is 0.565. The number of aromatic nitrogens is 2. The van der Waals surface area contributed by atoms with E-state index >= 15 is 0 Å². The van der Waals surface area contributed by atoms with E-state index in [2.05, 4.69) is 33.7 Å². The number of carbonyl (C=O) groups is 1. The van der Waals surface area contributed by atoms with Gasteiger partial charge in [0.25, 0.3) is 5.91 Å². The highest BCUT2D eigenvalue weighted by Crippen LogP contribution is 2.45. The van der Waals surface area contributed by atoms with Crippen LogP contribution in [0, 0.1) is 5.41 Å². The average molecular weight is 364 g/mol. The van der Waals surface area contributed by atoms with Gasteiger partial charge in [-0.3, -0.25) is 4.79 Å². The second kappa shape index (κ2) is 6.81. The second-order valence-corrected chi connectivity index (χ2v) is 8.74. The first kappa shape index (κ1) is 17.0. The molecule has 2 aliphatic heterocycles. The van der Waals surface area contributed by atoms with Crippen LogP contribution in [0.5, 0.6) is 0 Å². The fourth-order valence-corrected chi connectivity index (χ4v) is 5.49. The van der Waals surface area contributed by atoms with E-state index in [1.807, 2.05) is 6.07 Å². The zero-order chi connectivity index (χ0) is 18.3. The molecular formula is C23H29N3O. The van der Waals surface area contributed by atoms with Crippen molar-refractivity contribution < 1.29 is 4.79 Å². The Morgan fingerprint density at radius 1 is 0.926 bits per heavy atom. The topological polar surface area (TPSA) is 38.1 Å². The summed E-state index contributed by atoms with van der Waals surface area (Å²) >= 11 is 0. The maximum absolute atomic E-state index is 13.5. The van der Waals surface area contributed by atoms with Crippen LogP contribution in [0.3, 0.4) is 0 Å². The number of hydrogen-bond donors (Lipinski definition) is 0. The van der Waals surface area contributed by atoms with E-state index in [1.165, 1.54) is 50.6 Å². The Bertz CT molecular complexity index is 833. The van der Waals surface area contributed by atoms with Crippen LogP contribution in [0.1, 0.15) is 67.5 Å². The molecule has 5 rings (SSSR count). The van der Waals surface area contributed by atoms with E-state index in [0.29, 0.717) is 5.41 Å². The molecule has 0 N–H and O–H groups in total. The molecule has 142 valence electrons. The molecule has 3 aliphatic rings. The SMILES string of the molecule is O=C(c1nc(-c2ccccc2)n2c1CCCCC2)N1CCC2(CCCC2)C1. The number of hydrogen-bond acceptors (Lipinski definition) is 2. The number of benzene rings is 1. The highest BCUT2D eigenvalue weighted by molar-refractivity contribution is 5.94. The third kappa shape index (κ3) is 2.99. The number of amides is 1. The van der Waals surface area contributed by atoms with E-state index in [1.54, 1.807) is 0 Å². The number of fused-ring (bicyclic) bond motifs is 1. The lowest BCUT2D eigenvalue weighted by Crippen LogP contribution is -2.32. The highest BCUT2D eigenvalue weighted by atomic mass is 16.2. The summed E-state index contributed by atoms with van der Waals surface area (Å²) in [6, 6.07) is 10.4. The molecular weight excluding hydrogens is 334 g/mol. The minimum Gasteiger partial charge on any atom is -0.337 e. The molecule has 1 aromatic carbocycles. The quantitative estimate of drug-likeness (QED) is 0.777. The molecule has 4 heteroatoms. The minimum atomic E-state index is 0.173. The van der Waals surface area contributed by atoms with Crippen molar-refractivity contribution in [3.05, 3.63) is 41.7 Å². The Hall–Kier alpha value is -2.10. The Kier molecular flexibility index (Phi) is 4.30. The van der Waals surface area contributed by atoms with Crippen molar-refractivity contribution in [2.24, 2.45) is 5.41 Å². The van der Waals surface area contributed by atoms with Crippen molar-refractivity contribution in [3.8, 4) is 11.4 Å². The van der Waals surface area contributed by atoms with Crippen LogP contribution in [-0.2, 0) is 13.0 Å². The molecule has 1 saturated carbocycles. The molecule has 4 nitrogen and oxygen atoms in total. The van der Waals surface area contributed by atoms with Crippen molar-refractivity contribution in [2.45, 2.75) is 64.3 Å². The normalized spacial score (nSPS) is 21.4. The van der Waals surface area contributed by atoms with Gasteiger partial charge in [0.2, 0.25) is 0 Å². The molecule has 2 aromatic rings. The van der Waals surface area contributed by atoms with Crippen molar-refractivity contribution >= 4 is 5.91 Å². The van der Waals surface area contributed by atoms with E-state index in [4.69, 9.17) is 4.98 Å². The first-order valence-corrected chi connectivity index (χ1v) is 10.7. The molecule has 0 bridgehead atoms. The second-order valence-electron chi connectivity index (χ2n) is 8.74. The van der Waals surface area contributed by atoms with Crippen LogP contribution in [0.15, 0.2) is 30.3 Å². The zero-order valence-electron chi connectivity index (χ0n) is 16.1. The van der Waals surface area contributed by atoms with Gasteiger partial charge < -0.3 is 9.47 Å². The Morgan fingerprint density at radius 2 is 1.74 bits per heavy atom. The minimum absolute atomic E-state index is 0.173. The van der Waals surface area contributed by atoms with E-state index < -0.39 is 0 Å². The third-order valence-electron chi connectivity index (χ3n) is 6.99. The van der Waals surface area contributed by atoms with E-state index in [9.17, 15) is 4.79 Å². The van der Waals surface area contributed by atoms with Gasteiger partial charge in [-0.05, 0) is 43.9 Å². The van der Waals surface area contributed by atoms with E-state index in [-0.39, 0.29) is 5.91 Å². The summed E-state index contributed by atoms with van der Waals surface area (Å²) in [6.45, 7) is 2.83. The van der Waals surface area contributed by atoms with Crippen molar-refractivity contribution in [1.29, 1.82) is 0 Å². The van der Waals surface area contributed by atoms with Crippen LogP contribution in [-0.4, -0.2) is 33.4 Å². The summed E-state index contributed by atoms with van der Waals surface area (Å²) < 4.78 is 2.33. The maximum atomic E-state index is 13.5. The molecule has 1 saturated heterocycles. The number of nitrogens with zero attached hydrogens (tertiary/aromatic N) is 3. The molecule has 1 spiro atoms. The smallest absolute Gasteiger partial charge is 0.274 e. The van der Waals surface area contributed by atoms with Gasteiger partial charge in [0.05, 0.1) is 5.69 Å². The van der Waals surface area contributed by atoms with Crippen LogP contribution in [0.4, 0.5) is 0 Å². The molecule has 1 aromatic heterocycles. The summed E-state index contributed by atoms with van der Waals surface area (Å²) in [7, 11) is 0. The van der Waals surface area contributed by atoms with Gasteiger partial charge in [0.15, 0.2) is 0 Å². The van der Waals surface area contributed by atoms with Crippen molar-refractivity contribution in [2.75, 3.05) is 13.1 Å². The number of carbonyl (C=O) groups excluding carboxylic acids is 1. The standard InChI is InChI=1S/C23H29N3O/c27-22(25-16-14-23(17-25)12-6-7-13-23)20-19-11-5-2-8-15-26(19)21(24-20)18-9-3-1-4-10-18/h1,3-4,9-10H,2,5-8,11-17H2. The lowest BCUT2D eigenvalue weighted by Gasteiger charge is -2.23. The van der Waals surface area contributed by atoms with Gasteiger partial charge in [-0.25, -0.2) is 4.98 Å². The molecule has 3 heterocycles. The Labute approximate surface area is 161 Å². The van der Waals surface area contributed by atoms with Crippen molar-refractivity contribution in [1.82, 2.24) is 14.5 Å². The third-order valence-corrected chi connectivity index (χ3v) is 6.99. The Morgan fingerprint density at radius 3 is 2.56 bits per heavy atom. The van der Waals surface area contributed by atoms with Gasteiger partial charge >= 0.3 is 0 Å². The van der Waals surface area contributed by atoms with Gasteiger partial charge in [-0.15, -0.1) is 0 Å². The number of rotatable bonds is 2. The lowest BCUT2D eigenvalue weighted by atomic mass is 9.86. The van der Waals surface area contributed by atoms with Crippen molar-refractivity contribution in [3.63, 3.8) is 0 Å². The average Bonchev–Trinajstić information content (AvgIpc) is 3.39. The molecule has 0 atom stereocenters. The van der Waals surface area contributed by atoms with E-state index in [0.717, 1.165) is 49.6 Å². The predicted molar refractivity (Wildman–Crippen MR) is 107 cm³/mol. The zero-order valence-corrected chi connectivity index (χ0v) is 16.1. The molecule has 27 heavy (non-hydrogen) atoms. The predicted octanol–water partition coefficient (Wildman–Crippen LogP) is 4.68. The van der Waals surface area contributed by atoms with Crippen LogP contribution in [0.2, 0.25) is 0 Å². The summed E-state index contributed by atoms with van der Waals surface area (Å²) in [6.07, 6.45) is 11.0. The number of likely N-dealkylation sites (tertiary alicyclic amines) is 1. The maximum Gasteiger partial charge on any atom is 0.274 e. The first-order chi connectivity index (χ1) is 13.3. The van der Waals surface area contributed by atoms with Gasteiger partial charge in [0.1, 0.15) is 11.5 Å². The fourth-order valence-electron chi connectivity index (χ4n) is 5.49. The highest BCUT2D eigenvalue weighted by Gasteiger charge is 2.42. The summed E-state index contributed by atoms with van der Waals surface area (Å²) in [4.78, 5) is 20.5. The van der Waals surface area contributed by atoms with Crippen LogP contribution >= 0.6 is 0 Å². The van der Waals surface area contributed by atoms with Gasteiger partial charge in [-0.1, -0.05) is 49.6 Å². The van der Waals surface area contributed by atoms with Gasteiger partial charge in [-0.2, -0.15) is 0 Å². The molecule has 2 fully saturated rings. The summed E-state index contributed by atoms with van der Waals surface area (Å²) in [5.74, 6) is 1.15. The summed E-state index contributed by atoms with van der Waals surface area (Å²) in [5, 5.41) is 0. The largest absolute Gasteiger partial charge is 0.337 e.